The van der Waals surface area contributed by atoms with Crippen molar-refractivity contribution >= 4 is 9.84 Å². The minimum Gasteiger partial charge on any atom is -0.274 e. The third-order valence-electron chi connectivity index (χ3n) is 4.34. The highest BCUT2D eigenvalue weighted by Crippen LogP contribution is 2.49. The molecule has 5 heteroatoms. The van der Waals surface area contributed by atoms with Crippen LogP contribution in [0.2, 0.25) is 0 Å². The molecule has 2 saturated carbocycles. The fourth-order valence-corrected chi connectivity index (χ4v) is 4.92. The van der Waals surface area contributed by atoms with E-state index in [4.69, 9.17) is 0 Å². The third-order valence-corrected chi connectivity index (χ3v) is 6.18. The third kappa shape index (κ3) is 2.01. The molecule has 0 aliphatic heterocycles. The summed E-state index contributed by atoms with van der Waals surface area (Å²) in [5.74, 6) is 2.33. The van der Waals surface area contributed by atoms with Crippen LogP contribution in [0.1, 0.15) is 25.7 Å². The molecule has 1 aromatic heterocycles. The van der Waals surface area contributed by atoms with Gasteiger partial charge in [-0.25, -0.2) is 8.42 Å². The Labute approximate surface area is 102 Å². The topological polar surface area (TPSA) is 52.0 Å². The van der Waals surface area contributed by atoms with Gasteiger partial charge in [0.2, 0.25) is 0 Å². The van der Waals surface area contributed by atoms with Crippen molar-refractivity contribution < 1.29 is 8.42 Å². The molecule has 0 spiro atoms. The summed E-state index contributed by atoms with van der Waals surface area (Å²) in [5.41, 5.74) is 0. The summed E-state index contributed by atoms with van der Waals surface area (Å²) in [6, 6.07) is 0. The van der Waals surface area contributed by atoms with Gasteiger partial charge in [0.1, 0.15) is 4.90 Å². The fraction of sp³-hybridized carbons (Fsp3) is 0.750. The largest absolute Gasteiger partial charge is 0.274 e. The first-order valence-corrected chi connectivity index (χ1v) is 7.91. The molecule has 3 rings (SSSR count). The smallest absolute Gasteiger partial charge is 0.181 e. The molecule has 0 amide bonds. The maximum atomic E-state index is 12.2. The van der Waals surface area contributed by atoms with Gasteiger partial charge in [0.15, 0.2) is 9.84 Å². The number of hydrogen-bond donors (Lipinski definition) is 0. The van der Waals surface area contributed by atoms with Crippen molar-refractivity contribution in [2.24, 2.45) is 24.8 Å². The lowest BCUT2D eigenvalue weighted by molar-refractivity contribution is 0.219. The van der Waals surface area contributed by atoms with Crippen molar-refractivity contribution in [3.63, 3.8) is 0 Å². The minimum atomic E-state index is -3.13. The number of nitrogens with zero attached hydrogens (tertiary/aromatic N) is 2. The zero-order valence-corrected chi connectivity index (χ0v) is 10.9. The summed E-state index contributed by atoms with van der Waals surface area (Å²) >= 11 is 0. The monoisotopic (exact) mass is 254 g/mol. The lowest BCUT2D eigenvalue weighted by Crippen LogP contribution is -2.18. The Kier molecular flexibility index (Phi) is 2.54. The second-order valence-corrected chi connectivity index (χ2v) is 7.60. The normalized spacial score (nSPS) is 32.2. The molecule has 1 heterocycles. The van der Waals surface area contributed by atoms with Crippen LogP contribution in [0, 0.1) is 17.8 Å². The van der Waals surface area contributed by atoms with E-state index in [-0.39, 0.29) is 0 Å². The van der Waals surface area contributed by atoms with Crippen LogP contribution in [-0.2, 0) is 16.9 Å². The van der Waals surface area contributed by atoms with Crippen LogP contribution in [0.15, 0.2) is 17.3 Å². The minimum absolute atomic E-state index is 0.311. The van der Waals surface area contributed by atoms with E-state index in [0.29, 0.717) is 16.6 Å². The molecule has 1 unspecified atom stereocenters. The van der Waals surface area contributed by atoms with Crippen molar-refractivity contribution in [3.05, 3.63) is 12.4 Å². The van der Waals surface area contributed by atoms with Crippen LogP contribution in [0.5, 0.6) is 0 Å². The van der Waals surface area contributed by atoms with Gasteiger partial charge in [0.05, 0.1) is 11.9 Å². The maximum absolute atomic E-state index is 12.2. The van der Waals surface area contributed by atoms with Crippen LogP contribution in [0.4, 0.5) is 0 Å². The average Bonchev–Trinajstić information content (AvgIpc) is 2.76. The van der Waals surface area contributed by atoms with Crippen molar-refractivity contribution in [3.8, 4) is 0 Å². The summed E-state index contributed by atoms with van der Waals surface area (Å²) < 4.78 is 25.9. The van der Waals surface area contributed by atoms with Crippen LogP contribution < -0.4 is 0 Å². The van der Waals surface area contributed by atoms with E-state index in [2.05, 4.69) is 5.10 Å². The Morgan fingerprint density at radius 2 is 2.00 bits per heavy atom. The molecular weight excluding hydrogens is 236 g/mol. The Bertz CT molecular complexity index is 508. The summed E-state index contributed by atoms with van der Waals surface area (Å²) in [4.78, 5) is 0.374. The van der Waals surface area contributed by atoms with Gasteiger partial charge in [-0.05, 0) is 43.4 Å². The number of aryl methyl sites for hydroxylation is 1. The number of sulfone groups is 1. The predicted molar refractivity (Wildman–Crippen MR) is 64.2 cm³/mol. The van der Waals surface area contributed by atoms with Gasteiger partial charge in [-0.2, -0.15) is 5.10 Å². The van der Waals surface area contributed by atoms with Crippen LogP contribution >= 0.6 is 0 Å². The summed E-state index contributed by atoms with van der Waals surface area (Å²) in [7, 11) is -1.38. The van der Waals surface area contributed by atoms with E-state index < -0.39 is 9.84 Å². The molecule has 2 fully saturated rings. The number of hydrogen-bond acceptors (Lipinski definition) is 3. The molecule has 94 valence electrons. The maximum Gasteiger partial charge on any atom is 0.181 e. The molecule has 3 atom stereocenters. The van der Waals surface area contributed by atoms with Gasteiger partial charge >= 0.3 is 0 Å². The Hall–Kier alpha value is -0.840. The Morgan fingerprint density at radius 1 is 1.35 bits per heavy atom. The van der Waals surface area contributed by atoms with Gasteiger partial charge in [0, 0.05) is 13.2 Å². The van der Waals surface area contributed by atoms with Crippen LogP contribution in [0.3, 0.4) is 0 Å². The van der Waals surface area contributed by atoms with Crippen molar-refractivity contribution in [2.45, 2.75) is 30.6 Å². The van der Waals surface area contributed by atoms with E-state index >= 15 is 0 Å². The van der Waals surface area contributed by atoms with Crippen LogP contribution in [-0.4, -0.2) is 24.0 Å². The first-order valence-electron chi connectivity index (χ1n) is 6.26. The molecule has 2 aliphatic carbocycles. The van der Waals surface area contributed by atoms with Crippen LogP contribution in [0.25, 0.3) is 0 Å². The highest BCUT2D eigenvalue weighted by atomic mass is 32.2. The molecule has 4 nitrogen and oxygen atoms in total. The lowest BCUT2D eigenvalue weighted by Gasteiger charge is -2.29. The number of rotatable bonds is 3. The Morgan fingerprint density at radius 3 is 2.47 bits per heavy atom. The van der Waals surface area contributed by atoms with Crippen molar-refractivity contribution in [1.29, 1.82) is 0 Å². The summed E-state index contributed by atoms with van der Waals surface area (Å²) in [5, 5.41) is 3.94. The van der Waals surface area contributed by atoms with E-state index in [0.717, 1.165) is 24.7 Å². The zero-order valence-electron chi connectivity index (χ0n) is 10.0. The van der Waals surface area contributed by atoms with Gasteiger partial charge in [-0.1, -0.05) is 0 Å². The van der Waals surface area contributed by atoms with Gasteiger partial charge < -0.3 is 0 Å². The lowest BCUT2D eigenvalue weighted by atomic mass is 9.77. The molecule has 17 heavy (non-hydrogen) atoms. The quantitative estimate of drug-likeness (QED) is 0.823. The molecule has 0 saturated heterocycles. The molecule has 2 aliphatic rings. The second kappa shape index (κ2) is 3.83. The first kappa shape index (κ1) is 11.3. The standard InChI is InChI=1S/C12H18N2O2S/c1-14-7-12(6-13-14)17(15,16)8-9-4-10-2-3-11(10)5-9/h6-7,9-11H,2-5,8H2,1H3/t9?,10-,11+. The summed E-state index contributed by atoms with van der Waals surface area (Å²) in [6.07, 6.45) is 7.91. The first-order chi connectivity index (χ1) is 8.04. The van der Waals surface area contributed by atoms with E-state index in [1.54, 1.807) is 17.9 Å². The number of fused-ring (bicyclic) bond motifs is 1. The van der Waals surface area contributed by atoms with Gasteiger partial charge in [-0.3, -0.25) is 4.68 Å². The van der Waals surface area contributed by atoms with E-state index in [9.17, 15) is 8.42 Å². The average molecular weight is 254 g/mol. The molecule has 0 radical (unpaired) electrons. The predicted octanol–water partition coefficient (Wildman–Crippen LogP) is 1.63. The fourth-order valence-electron chi connectivity index (χ4n) is 3.31. The number of aromatic nitrogens is 2. The van der Waals surface area contributed by atoms with Gasteiger partial charge in [0.25, 0.3) is 0 Å². The SMILES string of the molecule is Cn1cc(S(=O)(=O)CC2C[C@H]3CC[C@H]3C2)cn1. The van der Waals surface area contributed by atoms with E-state index in [1.165, 1.54) is 19.0 Å². The molecule has 0 N–H and O–H groups in total. The second-order valence-electron chi connectivity index (χ2n) is 5.57. The summed E-state index contributed by atoms with van der Waals surface area (Å²) in [6.45, 7) is 0. The highest BCUT2D eigenvalue weighted by Gasteiger charge is 2.41. The molecule has 1 aromatic rings. The van der Waals surface area contributed by atoms with E-state index in [1.807, 2.05) is 0 Å². The van der Waals surface area contributed by atoms with Crippen molar-refractivity contribution in [2.75, 3.05) is 5.75 Å². The molecular formula is C12H18N2O2S. The Balaban J connectivity index is 1.72. The van der Waals surface area contributed by atoms with Gasteiger partial charge in [-0.15, -0.1) is 0 Å². The molecule has 0 bridgehead atoms. The van der Waals surface area contributed by atoms with Crippen molar-refractivity contribution in [1.82, 2.24) is 9.78 Å². The highest BCUT2D eigenvalue weighted by molar-refractivity contribution is 7.91. The zero-order chi connectivity index (χ0) is 12.0. The molecule has 0 aromatic carbocycles.